The zero-order valence-corrected chi connectivity index (χ0v) is 19.4. The number of nitrogens with zero attached hydrogens (tertiary/aromatic N) is 4. The maximum absolute atomic E-state index is 12.9. The largest absolute Gasteiger partial charge is 0.490 e. The van der Waals surface area contributed by atoms with Crippen LogP contribution >= 0.6 is 15.9 Å². The Bertz CT molecular complexity index is 1340. The molecule has 2 aromatic carbocycles. The van der Waals surface area contributed by atoms with Gasteiger partial charge in [0.15, 0.2) is 11.9 Å². The minimum Gasteiger partial charge on any atom is -0.490 e. The third-order valence-corrected chi connectivity index (χ3v) is 4.98. The standard InChI is InChI=1S/C21H19BrN4O7/c1-4-32-18-8-13(7-17(26(30)31)19(18)33-11(2)21(28)29)10-23-25-12(3)24-16-6-5-14(22)9-15(16)20(25)27/h5-11H,4H2,1-3H3,(H,28,29)/t11-/m1/s1. The SMILES string of the molecule is CCOc1cc(C=Nn2c(C)nc3ccc(Br)cc3c2=O)cc([N+](=O)[O-])c1O[C@H](C)C(=O)O. The van der Waals surface area contributed by atoms with Crippen molar-refractivity contribution in [3.05, 3.63) is 66.7 Å². The number of fused-ring (bicyclic) bond motifs is 1. The number of nitro benzene ring substituents is 1. The number of halogens is 1. The van der Waals surface area contributed by atoms with Crippen LogP contribution in [0.25, 0.3) is 10.9 Å². The molecule has 33 heavy (non-hydrogen) atoms. The van der Waals surface area contributed by atoms with Crippen molar-refractivity contribution in [2.24, 2.45) is 5.10 Å². The predicted octanol–water partition coefficient (Wildman–Crippen LogP) is 3.51. The van der Waals surface area contributed by atoms with E-state index in [1.807, 2.05) is 0 Å². The van der Waals surface area contributed by atoms with Gasteiger partial charge in [-0.1, -0.05) is 15.9 Å². The van der Waals surface area contributed by atoms with Gasteiger partial charge >= 0.3 is 11.7 Å². The lowest BCUT2D eigenvalue weighted by Gasteiger charge is -2.15. The normalized spacial score (nSPS) is 12.1. The van der Waals surface area contributed by atoms with Gasteiger partial charge in [0.1, 0.15) is 5.82 Å². The number of carboxylic acids is 1. The zero-order valence-electron chi connectivity index (χ0n) is 17.8. The number of carboxylic acid groups (broad SMARTS) is 1. The molecule has 0 spiro atoms. The summed E-state index contributed by atoms with van der Waals surface area (Å²) in [4.78, 5) is 39.4. The fraction of sp³-hybridized carbons (Fsp3) is 0.238. The fourth-order valence-corrected chi connectivity index (χ4v) is 3.31. The maximum Gasteiger partial charge on any atom is 0.344 e. The molecule has 11 nitrogen and oxygen atoms in total. The number of ether oxygens (including phenoxy) is 2. The number of aromatic nitrogens is 2. The van der Waals surface area contributed by atoms with E-state index in [9.17, 15) is 19.7 Å². The number of aryl methyl sites for hydroxylation is 1. The molecular formula is C21H19BrN4O7. The van der Waals surface area contributed by atoms with Gasteiger partial charge in [-0.05, 0) is 45.0 Å². The van der Waals surface area contributed by atoms with E-state index in [1.54, 1.807) is 32.0 Å². The summed E-state index contributed by atoms with van der Waals surface area (Å²) in [6.45, 7) is 4.67. The first kappa shape index (κ1) is 23.9. The molecule has 0 radical (unpaired) electrons. The number of aliphatic carboxylic acids is 1. The molecule has 172 valence electrons. The molecule has 1 N–H and O–H groups in total. The summed E-state index contributed by atoms with van der Waals surface area (Å²) in [5.74, 6) is -1.30. The van der Waals surface area contributed by atoms with Crippen molar-refractivity contribution in [2.45, 2.75) is 26.9 Å². The minimum absolute atomic E-state index is 0.0223. The van der Waals surface area contributed by atoms with Crippen LogP contribution in [0.4, 0.5) is 5.69 Å². The molecule has 3 aromatic rings. The summed E-state index contributed by atoms with van der Waals surface area (Å²) in [5, 5.41) is 25.3. The van der Waals surface area contributed by atoms with Gasteiger partial charge in [-0.3, -0.25) is 14.9 Å². The monoisotopic (exact) mass is 518 g/mol. The van der Waals surface area contributed by atoms with Crippen LogP contribution in [0, 0.1) is 17.0 Å². The third kappa shape index (κ3) is 5.17. The highest BCUT2D eigenvalue weighted by Gasteiger charge is 2.26. The van der Waals surface area contributed by atoms with E-state index in [0.717, 1.165) is 10.7 Å². The van der Waals surface area contributed by atoms with Crippen LogP contribution in [0.2, 0.25) is 0 Å². The van der Waals surface area contributed by atoms with Gasteiger partial charge in [0, 0.05) is 16.1 Å². The molecule has 12 heteroatoms. The number of nitro groups is 1. The molecular weight excluding hydrogens is 500 g/mol. The van der Waals surface area contributed by atoms with Gasteiger partial charge in [0.05, 0.1) is 28.6 Å². The van der Waals surface area contributed by atoms with E-state index >= 15 is 0 Å². The highest BCUT2D eigenvalue weighted by molar-refractivity contribution is 9.10. The predicted molar refractivity (Wildman–Crippen MR) is 123 cm³/mol. The van der Waals surface area contributed by atoms with Crippen molar-refractivity contribution < 1.29 is 24.3 Å². The highest BCUT2D eigenvalue weighted by Crippen LogP contribution is 2.39. The van der Waals surface area contributed by atoms with Gasteiger partial charge in [0.2, 0.25) is 5.75 Å². The first-order valence-electron chi connectivity index (χ1n) is 9.70. The van der Waals surface area contributed by atoms with Gasteiger partial charge in [0.25, 0.3) is 5.56 Å². The Kier molecular flexibility index (Phi) is 7.07. The fourth-order valence-electron chi connectivity index (χ4n) is 2.95. The lowest BCUT2D eigenvalue weighted by Crippen LogP contribution is -2.23. The summed E-state index contributed by atoms with van der Waals surface area (Å²) in [6, 6.07) is 7.67. The van der Waals surface area contributed by atoms with Gasteiger partial charge in [-0.15, -0.1) is 0 Å². The van der Waals surface area contributed by atoms with Crippen molar-refractivity contribution in [1.29, 1.82) is 0 Å². The molecule has 0 aliphatic rings. The highest BCUT2D eigenvalue weighted by atomic mass is 79.9. The minimum atomic E-state index is -1.34. The summed E-state index contributed by atoms with van der Waals surface area (Å²) < 4.78 is 12.5. The smallest absolute Gasteiger partial charge is 0.344 e. The van der Waals surface area contributed by atoms with Crippen molar-refractivity contribution in [1.82, 2.24) is 9.66 Å². The first-order valence-corrected chi connectivity index (χ1v) is 10.5. The maximum atomic E-state index is 12.9. The van der Waals surface area contributed by atoms with Crippen molar-refractivity contribution in [3.63, 3.8) is 0 Å². The number of hydrogen-bond acceptors (Lipinski definition) is 8. The lowest BCUT2D eigenvalue weighted by atomic mass is 10.1. The third-order valence-electron chi connectivity index (χ3n) is 4.49. The van der Waals surface area contributed by atoms with Gasteiger partial charge in [-0.25, -0.2) is 9.78 Å². The molecule has 3 rings (SSSR count). The van der Waals surface area contributed by atoms with Crippen molar-refractivity contribution >= 4 is 44.7 Å². The summed E-state index contributed by atoms with van der Waals surface area (Å²) >= 11 is 3.32. The molecule has 0 amide bonds. The molecule has 0 unspecified atom stereocenters. The van der Waals surface area contributed by atoms with Crippen LogP contribution in [-0.4, -0.2) is 44.6 Å². The molecule has 0 bridgehead atoms. The molecule has 1 atom stereocenters. The number of hydrogen-bond donors (Lipinski definition) is 1. The van der Waals surface area contributed by atoms with Crippen LogP contribution in [0.3, 0.4) is 0 Å². The van der Waals surface area contributed by atoms with E-state index in [1.165, 1.54) is 19.2 Å². The van der Waals surface area contributed by atoms with Crippen LogP contribution < -0.4 is 15.0 Å². The summed E-state index contributed by atoms with van der Waals surface area (Å²) in [6.07, 6.45) is -0.0912. The van der Waals surface area contributed by atoms with E-state index in [-0.39, 0.29) is 23.7 Å². The number of benzene rings is 2. The van der Waals surface area contributed by atoms with Crippen molar-refractivity contribution in [3.8, 4) is 11.5 Å². The van der Waals surface area contributed by atoms with Crippen LogP contribution in [0.1, 0.15) is 25.2 Å². The summed E-state index contributed by atoms with van der Waals surface area (Å²) in [5.41, 5.74) is -0.165. The average Bonchev–Trinajstić information content (AvgIpc) is 2.75. The Morgan fingerprint density at radius 1 is 1.39 bits per heavy atom. The first-order chi connectivity index (χ1) is 15.6. The zero-order chi connectivity index (χ0) is 24.3. The van der Waals surface area contributed by atoms with Crippen molar-refractivity contribution in [2.75, 3.05) is 6.61 Å². The second kappa shape index (κ2) is 9.77. The van der Waals surface area contributed by atoms with Crippen LogP contribution in [0.15, 0.2) is 44.7 Å². The molecule has 0 fully saturated rings. The second-order valence-electron chi connectivity index (χ2n) is 6.84. The number of rotatable bonds is 8. The molecule has 1 heterocycles. The quantitative estimate of drug-likeness (QED) is 0.270. The van der Waals surface area contributed by atoms with E-state index < -0.39 is 28.2 Å². The lowest BCUT2D eigenvalue weighted by molar-refractivity contribution is -0.386. The Hall–Kier alpha value is -3.80. The van der Waals surface area contributed by atoms with Crippen LogP contribution in [0.5, 0.6) is 11.5 Å². The Morgan fingerprint density at radius 3 is 2.76 bits per heavy atom. The second-order valence-corrected chi connectivity index (χ2v) is 7.75. The molecule has 0 aliphatic heterocycles. The number of carbonyl (C=O) groups is 1. The molecule has 0 aliphatic carbocycles. The Labute approximate surface area is 195 Å². The van der Waals surface area contributed by atoms with E-state index in [2.05, 4.69) is 26.0 Å². The molecule has 0 saturated heterocycles. The van der Waals surface area contributed by atoms with E-state index in [4.69, 9.17) is 14.6 Å². The Balaban J connectivity index is 2.11. The molecule has 0 saturated carbocycles. The van der Waals surface area contributed by atoms with E-state index in [0.29, 0.717) is 21.2 Å². The van der Waals surface area contributed by atoms with Gasteiger partial charge < -0.3 is 14.6 Å². The topological polar surface area (TPSA) is 146 Å². The van der Waals surface area contributed by atoms with Crippen LogP contribution in [-0.2, 0) is 4.79 Å². The summed E-state index contributed by atoms with van der Waals surface area (Å²) in [7, 11) is 0. The Morgan fingerprint density at radius 2 is 2.12 bits per heavy atom. The average molecular weight is 519 g/mol. The van der Waals surface area contributed by atoms with Gasteiger partial charge in [-0.2, -0.15) is 9.78 Å². The molecule has 1 aromatic heterocycles.